The third-order valence-corrected chi connectivity index (χ3v) is 4.44. The zero-order valence-electron chi connectivity index (χ0n) is 15.6. The first kappa shape index (κ1) is 19.4. The van der Waals surface area contributed by atoms with Crippen LogP contribution in [0.25, 0.3) is 6.08 Å². The molecule has 0 radical (unpaired) electrons. The molecule has 3 rings (SSSR count). The molecule has 1 N–H and O–H groups in total. The molecular weight excluding hydrogens is 363 g/mol. The first-order valence-corrected chi connectivity index (χ1v) is 8.76. The van der Waals surface area contributed by atoms with Crippen LogP contribution in [0.1, 0.15) is 12.0 Å². The van der Waals surface area contributed by atoms with Crippen molar-refractivity contribution in [3.8, 4) is 11.5 Å². The van der Waals surface area contributed by atoms with Gasteiger partial charge >= 0.3 is 0 Å². The van der Waals surface area contributed by atoms with Crippen LogP contribution in [0.5, 0.6) is 11.5 Å². The Labute approximate surface area is 162 Å². The zero-order chi connectivity index (χ0) is 20.1. The van der Waals surface area contributed by atoms with Crippen molar-refractivity contribution in [1.82, 2.24) is 5.32 Å². The lowest BCUT2D eigenvalue weighted by Gasteiger charge is -2.16. The van der Waals surface area contributed by atoms with Gasteiger partial charge in [-0.05, 0) is 48.0 Å². The van der Waals surface area contributed by atoms with E-state index >= 15 is 0 Å². The van der Waals surface area contributed by atoms with Gasteiger partial charge in [0, 0.05) is 24.7 Å². The van der Waals surface area contributed by atoms with Crippen LogP contribution in [0.15, 0.2) is 48.5 Å². The van der Waals surface area contributed by atoms with Crippen LogP contribution in [-0.4, -0.2) is 38.6 Å². The smallest absolute Gasteiger partial charge is 0.244 e. The van der Waals surface area contributed by atoms with Crippen LogP contribution in [-0.2, 0) is 9.59 Å². The van der Waals surface area contributed by atoms with E-state index in [4.69, 9.17) is 9.47 Å². The number of halogens is 1. The lowest BCUT2D eigenvalue weighted by Crippen LogP contribution is -2.36. The normalized spacial score (nSPS) is 16.5. The summed E-state index contributed by atoms with van der Waals surface area (Å²) in [6, 6.07) is 10.7. The maximum Gasteiger partial charge on any atom is 0.244 e. The SMILES string of the molecule is COc1ccc(C=CC(=O)NC2CC(=O)N(c3ccc(F)cc3)C2)cc1OC. The second-order valence-corrected chi connectivity index (χ2v) is 6.34. The van der Waals surface area contributed by atoms with Crippen molar-refractivity contribution in [2.45, 2.75) is 12.5 Å². The molecule has 1 atom stereocenters. The van der Waals surface area contributed by atoms with Crippen LogP contribution in [0.4, 0.5) is 10.1 Å². The van der Waals surface area contributed by atoms with Crippen molar-refractivity contribution in [2.75, 3.05) is 25.7 Å². The van der Waals surface area contributed by atoms with Gasteiger partial charge in [-0.1, -0.05) is 6.07 Å². The highest BCUT2D eigenvalue weighted by Gasteiger charge is 2.31. The summed E-state index contributed by atoms with van der Waals surface area (Å²) in [6.45, 7) is 0.348. The maximum absolute atomic E-state index is 13.1. The highest BCUT2D eigenvalue weighted by Crippen LogP contribution is 2.28. The summed E-state index contributed by atoms with van der Waals surface area (Å²) in [5.41, 5.74) is 1.40. The third kappa shape index (κ3) is 4.49. The predicted octanol–water partition coefficient (Wildman–Crippen LogP) is 2.78. The van der Waals surface area contributed by atoms with E-state index in [1.165, 1.54) is 18.2 Å². The molecule has 0 saturated carbocycles. The van der Waals surface area contributed by atoms with Gasteiger partial charge in [0.25, 0.3) is 0 Å². The van der Waals surface area contributed by atoms with Gasteiger partial charge in [-0.15, -0.1) is 0 Å². The van der Waals surface area contributed by atoms with Crippen molar-refractivity contribution in [1.29, 1.82) is 0 Å². The van der Waals surface area contributed by atoms with Gasteiger partial charge in [0.15, 0.2) is 11.5 Å². The van der Waals surface area contributed by atoms with Crippen LogP contribution in [0.3, 0.4) is 0 Å². The van der Waals surface area contributed by atoms with Crippen molar-refractivity contribution in [3.05, 3.63) is 59.9 Å². The fourth-order valence-corrected chi connectivity index (χ4v) is 3.05. The highest BCUT2D eigenvalue weighted by atomic mass is 19.1. The Kier molecular flexibility index (Phi) is 5.93. The zero-order valence-corrected chi connectivity index (χ0v) is 15.6. The van der Waals surface area contributed by atoms with E-state index < -0.39 is 0 Å². The minimum Gasteiger partial charge on any atom is -0.493 e. The van der Waals surface area contributed by atoms with E-state index in [1.807, 2.05) is 0 Å². The van der Waals surface area contributed by atoms with Gasteiger partial charge in [-0.2, -0.15) is 0 Å². The molecule has 146 valence electrons. The topological polar surface area (TPSA) is 67.9 Å². The monoisotopic (exact) mass is 384 g/mol. The lowest BCUT2D eigenvalue weighted by molar-refractivity contribution is -0.117. The van der Waals surface area contributed by atoms with E-state index in [-0.39, 0.29) is 30.1 Å². The fraction of sp³-hybridized carbons (Fsp3) is 0.238. The Bertz CT molecular complexity index is 896. The minimum atomic E-state index is -0.361. The van der Waals surface area contributed by atoms with Crippen molar-refractivity contribution in [2.24, 2.45) is 0 Å². The van der Waals surface area contributed by atoms with Crippen molar-refractivity contribution >= 4 is 23.6 Å². The quantitative estimate of drug-likeness (QED) is 0.778. The van der Waals surface area contributed by atoms with Crippen LogP contribution in [0.2, 0.25) is 0 Å². The molecule has 2 aromatic rings. The molecule has 0 spiro atoms. The van der Waals surface area contributed by atoms with Crippen molar-refractivity contribution in [3.63, 3.8) is 0 Å². The number of amides is 2. The summed E-state index contributed by atoms with van der Waals surface area (Å²) in [5, 5.41) is 2.82. The summed E-state index contributed by atoms with van der Waals surface area (Å²) >= 11 is 0. The third-order valence-electron chi connectivity index (χ3n) is 4.44. The molecule has 2 aromatic carbocycles. The molecule has 1 heterocycles. The molecule has 6 nitrogen and oxygen atoms in total. The van der Waals surface area contributed by atoms with Crippen LogP contribution < -0.4 is 19.7 Å². The Morgan fingerprint density at radius 1 is 1.14 bits per heavy atom. The van der Waals surface area contributed by atoms with E-state index in [9.17, 15) is 14.0 Å². The predicted molar refractivity (Wildman–Crippen MR) is 104 cm³/mol. The lowest BCUT2D eigenvalue weighted by atomic mass is 10.2. The number of methoxy groups -OCH3 is 2. The standard InChI is InChI=1S/C21H21FN2O4/c1-27-18-9-3-14(11-19(18)28-2)4-10-20(25)23-16-12-21(26)24(13-16)17-7-5-15(22)6-8-17/h3-11,16H,12-13H2,1-2H3,(H,23,25). The molecule has 7 heteroatoms. The van der Waals surface area contributed by atoms with Crippen LogP contribution in [0, 0.1) is 5.82 Å². The van der Waals surface area contributed by atoms with E-state index in [0.717, 1.165) is 5.56 Å². The number of benzene rings is 2. The minimum absolute atomic E-state index is 0.110. The molecule has 28 heavy (non-hydrogen) atoms. The summed E-state index contributed by atoms with van der Waals surface area (Å²) in [7, 11) is 3.10. The highest BCUT2D eigenvalue weighted by molar-refractivity contribution is 5.98. The van der Waals surface area contributed by atoms with E-state index in [2.05, 4.69) is 5.32 Å². The number of carbonyl (C=O) groups excluding carboxylic acids is 2. The number of carbonyl (C=O) groups is 2. The van der Waals surface area contributed by atoms with Gasteiger partial charge in [0.1, 0.15) is 5.82 Å². The number of hydrogen-bond donors (Lipinski definition) is 1. The van der Waals surface area contributed by atoms with Gasteiger partial charge < -0.3 is 19.7 Å². The number of rotatable bonds is 6. The number of hydrogen-bond acceptors (Lipinski definition) is 4. The summed E-state index contributed by atoms with van der Waals surface area (Å²) in [4.78, 5) is 26.0. The molecule has 1 aliphatic rings. The molecule has 1 unspecified atom stereocenters. The van der Waals surface area contributed by atoms with Gasteiger partial charge in [0.2, 0.25) is 11.8 Å². The molecule has 0 aromatic heterocycles. The fourth-order valence-electron chi connectivity index (χ4n) is 3.05. The maximum atomic E-state index is 13.1. The second-order valence-electron chi connectivity index (χ2n) is 6.34. The van der Waals surface area contributed by atoms with E-state index in [0.29, 0.717) is 23.7 Å². The molecule has 0 bridgehead atoms. The van der Waals surface area contributed by atoms with Gasteiger partial charge in [0.05, 0.1) is 20.3 Å². The first-order valence-electron chi connectivity index (χ1n) is 8.76. The Hall–Kier alpha value is -3.35. The van der Waals surface area contributed by atoms with Gasteiger partial charge in [-0.25, -0.2) is 4.39 Å². The van der Waals surface area contributed by atoms with Gasteiger partial charge in [-0.3, -0.25) is 9.59 Å². The average Bonchev–Trinajstić information content (AvgIpc) is 3.06. The van der Waals surface area contributed by atoms with Crippen LogP contribution >= 0.6 is 0 Å². The Morgan fingerprint density at radius 2 is 1.86 bits per heavy atom. The number of nitrogens with one attached hydrogen (secondary N) is 1. The molecule has 1 aliphatic heterocycles. The Balaban J connectivity index is 1.60. The number of anilines is 1. The molecular formula is C21H21FN2O4. The van der Waals surface area contributed by atoms with E-state index in [1.54, 1.807) is 55.5 Å². The number of nitrogens with zero attached hydrogens (tertiary/aromatic N) is 1. The summed E-state index contributed by atoms with van der Waals surface area (Å²) in [5.74, 6) is 0.408. The average molecular weight is 384 g/mol. The first-order chi connectivity index (χ1) is 13.5. The molecule has 1 fully saturated rings. The number of ether oxygens (including phenoxy) is 2. The molecule has 2 amide bonds. The second kappa shape index (κ2) is 8.56. The largest absolute Gasteiger partial charge is 0.493 e. The summed E-state index contributed by atoms with van der Waals surface area (Å²) in [6.07, 6.45) is 3.27. The Morgan fingerprint density at radius 3 is 2.54 bits per heavy atom. The molecule has 0 aliphatic carbocycles. The van der Waals surface area contributed by atoms with Crippen molar-refractivity contribution < 1.29 is 23.5 Å². The summed E-state index contributed by atoms with van der Waals surface area (Å²) < 4.78 is 23.5. The molecule has 1 saturated heterocycles.